The van der Waals surface area contributed by atoms with E-state index in [0.29, 0.717) is 0 Å². The lowest BCUT2D eigenvalue weighted by Crippen LogP contribution is -2.19. The van der Waals surface area contributed by atoms with Crippen LogP contribution in [0.2, 0.25) is 0 Å². The molecule has 0 amide bonds. The van der Waals surface area contributed by atoms with Gasteiger partial charge >= 0.3 is 5.69 Å². The monoisotopic (exact) mass is 267 g/mol. The number of aryl methyl sites for hydroxylation is 4. The standard InChI is InChI=1S/C16H17N3O/c1-10-5-7-13(11(2)17-10)12-6-8-14-15(9-12)19(4)16(20)18(14)3/h5-9H,1-4H3. The number of imidazole rings is 1. The van der Waals surface area contributed by atoms with Gasteiger partial charge in [0.15, 0.2) is 0 Å². The number of hydrogen-bond acceptors (Lipinski definition) is 2. The summed E-state index contributed by atoms with van der Waals surface area (Å²) in [5.41, 5.74) is 6.09. The quantitative estimate of drug-likeness (QED) is 0.680. The molecule has 2 aromatic heterocycles. The van der Waals surface area contributed by atoms with Gasteiger partial charge in [-0.2, -0.15) is 0 Å². The molecule has 4 heteroatoms. The highest BCUT2D eigenvalue weighted by molar-refractivity contribution is 5.83. The highest BCUT2D eigenvalue weighted by atomic mass is 16.1. The smallest absolute Gasteiger partial charge is 0.295 e. The van der Waals surface area contributed by atoms with Crippen molar-refractivity contribution >= 4 is 11.0 Å². The minimum absolute atomic E-state index is 0.00379. The van der Waals surface area contributed by atoms with Crippen molar-refractivity contribution in [2.45, 2.75) is 13.8 Å². The van der Waals surface area contributed by atoms with E-state index >= 15 is 0 Å². The van der Waals surface area contributed by atoms with Crippen LogP contribution >= 0.6 is 0 Å². The van der Waals surface area contributed by atoms with Crippen LogP contribution < -0.4 is 5.69 Å². The topological polar surface area (TPSA) is 39.8 Å². The van der Waals surface area contributed by atoms with Crippen molar-refractivity contribution in [1.29, 1.82) is 0 Å². The molecule has 20 heavy (non-hydrogen) atoms. The molecule has 0 atom stereocenters. The molecule has 0 unspecified atom stereocenters. The van der Waals surface area contributed by atoms with Crippen molar-refractivity contribution in [3.05, 3.63) is 52.2 Å². The van der Waals surface area contributed by atoms with Crippen molar-refractivity contribution in [2.24, 2.45) is 14.1 Å². The summed E-state index contributed by atoms with van der Waals surface area (Å²) in [4.78, 5) is 16.5. The first-order chi connectivity index (χ1) is 9.49. The molecule has 0 aliphatic carbocycles. The Morgan fingerprint density at radius 3 is 2.35 bits per heavy atom. The Labute approximate surface area is 117 Å². The minimum atomic E-state index is -0.00379. The Balaban J connectivity index is 2.28. The fourth-order valence-electron chi connectivity index (χ4n) is 2.67. The average Bonchev–Trinajstić information content (AvgIpc) is 2.64. The molecule has 102 valence electrons. The molecule has 3 rings (SSSR count). The molecular formula is C16H17N3O. The largest absolute Gasteiger partial charge is 0.328 e. The molecule has 0 bridgehead atoms. The Hall–Kier alpha value is -2.36. The van der Waals surface area contributed by atoms with Gasteiger partial charge in [-0.25, -0.2) is 4.79 Å². The molecule has 2 heterocycles. The second-order valence-electron chi connectivity index (χ2n) is 5.19. The summed E-state index contributed by atoms with van der Waals surface area (Å²) in [5.74, 6) is 0. The van der Waals surface area contributed by atoms with E-state index < -0.39 is 0 Å². The van der Waals surface area contributed by atoms with Crippen LogP contribution in [0.25, 0.3) is 22.2 Å². The van der Waals surface area contributed by atoms with Crippen LogP contribution in [0.3, 0.4) is 0 Å². The number of hydrogen-bond donors (Lipinski definition) is 0. The molecule has 0 aliphatic rings. The van der Waals surface area contributed by atoms with Gasteiger partial charge in [0.1, 0.15) is 0 Å². The number of aromatic nitrogens is 3. The molecule has 0 fully saturated rings. The predicted molar refractivity (Wildman–Crippen MR) is 80.9 cm³/mol. The third-order valence-electron chi connectivity index (χ3n) is 3.81. The van der Waals surface area contributed by atoms with Gasteiger partial charge in [0.25, 0.3) is 0 Å². The maximum absolute atomic E-state index is 12.0. The summed E-state index contributed by atoms with van der Waals surface area (Å²) < 4.78 is 3.34. The SMILES string of the molecule is Cc1ccc(-c2ccc3c(c2)n(C)c(=O)n3C)c(C)n1. The Bertz CT molecular complexity index is 871. The van der Waals surface area contributed by atoms with E-state index in [9.17, 15) is 4.79 Å². The molecule has 0 aliphatic heterocycles. The zero-order chi connectivity index (χ0) is 14.4. The number of rotatable bonds is 1. The Morgan fingerprint density at radius 1 is 0.950 bits per heavy atom. The van der Waals surface area contributed by atoms with Crippen molar-refractivity contribution in [3.8, 4) is 11.1 Å². The third-order valence-corrected chi connectivity index (χ3v) is 3.81. The van der Waals surface area contributed by atoms with Crippen molar-refractivity contribution in [1.82, 2.24) is 14.1 Å². The maximum Gasteiger partial charge on any atom is 0.328 e. The Morgan fingerprint density at radius 2 is 1.65 bits per heavy atom. The molecule has 0 radical (unpaired) electrons. The van der Waals surface area contributed by atoms with Crippen molar-refractivity contribution < 1.29 is 0 Å². The average molecular weight is 267 g/mol. The first-order valence-electron chi connectivity index (χ1n) is 6.59. The first kappa shape index (κ1) is 12.7. The first-order valence-corrected chi connectivity index (χ1v) is 6.59. The van der Waals surface area contributed by atoms with E-state index in [-0.39, 0.29) is 5.69 Å². The summed E-state index contributed by atoms with van der Waals surface area (Å²) >= 11 is 0. The lowest BCUT2D eigenvalue weighted by atomic mass is 10.0. The van der Waals surface area contributed by atoms with Crippen LogP contribution in [0, 0.1) is 13.8 Å². The summed E-state index contributed by atoms with van der Waals surface area (Å²) in [6, 6.07) is 10.2. The van der Waals surface area contributed by atoms with Gasteiger partial charge < -0.3 is 0 Å². The lowest BCUT2D eigenvalue weighted by molar-refractivity contribution is 0.795. The van der Waals surface area contributed by atoms with Crippen LogP contribution in [0.5, 0.6) is 0 Å². The number of nitrogens with zero attached hydrogens (tertiary/aromatic N) is 3. The Kier molecular flexibility index (Phi) is 2.74. The number of benzene rings is 1. The highest BCUT2D eigenvalue weighted by Gasteiger charge is 2.10. The van der Waals surface area contributed by atoms with E-state index in [1.54, 1.807) is 23.2 Å². The predicted octanol–water partition coefficient (Wildman–Crippen LogP) is 2.56. The molecule has 1 aromatic carbocycles. The molecule has 4 nitrogen and oxygen atoms in total. The second kappa shape index (κ2) is 4.34. The molecule has 0 saturated heterocycles. The second-order valence-corrected chi connectivity index (χ2v) is 5.19. The van der Waals surface area contributed by atoms with E-state index in [0.717, 1.165) is 33.5 Å². The van der Waals surface area contributed by atoms with Gasteiger partial charge in [0, 0.05) is 31.0 Å². The number of pyridine rings is 1. The van der Waals surface area contributed by atoms with Crippen molar-refractivity contribution in [2.75, 3.05) is 0 Å². The molecule has 0 spiro atoms. The van der Waals surface area contributed by atoms with Crippen LogP contribution in [0.15, 0.2) is 35.1 Å². The highest BCUT2D eigenvalue weighted by Crippen LogP contribution is 2.25. The third kappa shape index (κ3) is 1.76. The number of fused-ring (bicyclic) bond motifs is 1. The minimum Gasteiger partial charge on any atom is -0.295 e. The summed E-state index contributed by atoms with van der Waals surface area (Å²) in [6.07, 6.45) is 0. The zero-order valence-corrected chi connectivity index (χ0v) is 12.1. The van der Waals surface area contributed by atoms with Gasteiger partial charge in [0.05, 0.1) is 11.0 Å². The van der Waals surface area contributed by atoms with E-state index in [1.807, 2.05) is 32.0 Å². The van der Waals surface area contributed by atoms with Crippen LogP contribution in [-0.4, -0.2) is 14.1 Å². The normalized spacial score (nSPS) is 11.2. The van der Waals surface area contributed by atoms with Crippen LogP contribution in [0.1, 0.15) is 11.4 Å². The lowest BCUT2D eigenvalue weighted by Gasteiger charge is -2.07. The maximum atomic E-state index is 12.0. The molecule has 0 saturated carbocycles. The van der Waals surface area contributed by atoms with Gasteiger partial charge in [-0.15, -0.1) is 0 Å². The summed E-state index contributed by atoms with van der Waals surface area (Å²) in [6.45, 7) is 4.00. The summed E-state index contributed by atoms with van der Waals surface area (Å²) in [5, 5.41) is 0. The molecule has 3 aromatic rings. The summed E-state index contributed by atoms with van der Waals surface area (Å²) in [7, 11) is 3.59. The van der Waals surface area contributed by atoms with Crippen LogP contribution in [-0.2, 0) is 14.1 Å². The van der Waals surface area contributed by atoms with E-state index in [1.165, 1.54) is 0 Å². The zero-order valence-electron chi connectivity index (χ0n) is 12.1. The van der Waals surface area contributed by atoms with Crippen LogP contribution in [0.4, 0.5) is 0 Å². The van der Waals surface area contributed by atoms with Gasteiger partial charge in [-0.05, 0) is 37.6 Å². The molecule has 0 N–H and O–H groups in total. The van der Waals surface area contributed by atoms with E-state index in [2.05, 4.69) is 17.1 Å². The van der Waals surface area contributed by atoms with Crippen molar-refractivity contribution in [3.63, 3.8) is 0 Å². The van der Waals surface area contributed by atoms with Gasteiger partial charge in [-0.3, -0.25) is 14.1 Å². The van der Waals surface area contributed by atoms with Gasteiger partial charge in [-0.1, -0.05) is 12.1 Å². The fourth-order valence-corrected chi connectivity index (χ4v) is 2.67. The fraction of sp³-hybridized carbons (Fsp3) is 0.250. The molecular weight excluding hydrogens is 250 g/mol. The van der Waals surface area contributed by atoms with Gasteiger partial charge in [0.2, 0.25) is 0 Å². The van der Waals surface area contributed by atoms with E-state index in [4.69, 9.17) is 0 Å².